The van der Waals surface area contributed by atoms with Gasteiger partial charge in [-0.2, -0.15) is 13.2 Å². The first kappa shape index (κ1) is 15.3. The summed E-state index contributed by atoms with van der Waals surface area (Å²) in [4.78, 5) is 0. The SMILES string of the molecule is NCc1cc(Oc2ccc(CO)cc2)ccc1C(F)(F)F. The first-order valence-electron chi connectivity index (χ1n) is 6.22. The monoisotopic (exact) mass is 297 g/mol. The van der Waals surface area contributed by atoms with Crippen LogP contribution in [-0.2, 0) is 19.3 Å². The van der Waals surface area contributed by atoms with Gasteiger partial charge in [0.1, 0.15) is 11.5 Å². The minimum Gasteiger partial charge on any atom is -0.457 e. The summed E-state index contributed by atoms with van der Waals surface area (Å²) in [6, 6.07) is 10.1. The van der Waals surface area contributed by atoms with Gasteiger partial charge in [-0.3, -0.25) is 0 Å². The second-order valence-electron chi connectivity index (χ2n) is 4.42. The van der Waals surface area contributed by atoms with Crippen LogP contribution in [0.15, 0.2) is 42.5 Å². The molecule has 0 atom stereocenters. The third kappa shape index (κ3) is 3.74. The van der Waals surface area contributed by atoms with Gasteiger partial charge >= 0.3 is 6.18 Å². The number of nitrogens with two attached hydrogens (primary N) is 1. The quantitative estimate of drug-likeness (QED) is 0.908. The first-order chi connectivity index (χ1) is 9.94. The van der Waals surface area contributed by atoms with Crippen LogP contribution in [0.25, 0.3) is 0 Å². The predicted octanol–water partition coefficient (Wildman–Crippen LogP) is 3.45. The molecule has 2 aromatic carbocycles. The molecule has 112 valence electrons. The molecule has 3 N–H and O–H groups in total. The molecule has 0 fully saturated rings. The van der Waals surface area contributed by atoms with Gasteiger partial charge in [0, 0.05) is 6.54 Å². The molecule has 0 spiro atoms. The molecule has 0 saturated carbocycles. The lowest BCUT2D eigenvalue weighted by atomic mass is 10.1. The zero-order chi connectivity index (χ0) is 15.5. The molecule has 0 saturated heterocycles. The highest BCUT2D eigenvalue weighted by Gasteiger charge is 2.33. The Labute approximate surface area is 119 Å². The molecule has 21 heavy (non-hydrogen) atoms. The molecule has 6 heteroatoms. The largest absolute Gasteiger partial charge is 0.457 e. The summed E-state index contributed by atoms with van der Waals surface area (Å²) >= 11 is 0. The van der Waals surface area contributed by atoms with Gasteiger partial charge in [-0.15, -0.1) is 0 Å². The fraction of sp³-hybridized carbons (Fsp3) is 0.200. The molecule has 0 aliphatic rings. The molecule has 0 aromatic heterocycles. The molecule has 0 amide bonds. The third-order valence-corrected chi connectivity index (χ3v) is 2.94. The molecule has 0 aliphatic carbocycles. The van der Waals surface area contributed by atoms with Crippen LogP contribution in [0, 0.1) is 0 Å². The summed E-state index contributed by atoms with van der Waals surface area (Å²) in [5.74, 6) is 0.745. The Kier molecular flexibility index (Phi) is 4.50. The van der Waals surface area contributed by atoms with E-state index in [0.29, 0.717) is 5.75 Å². The highest BCUT2D eigenvalue weighted by Crippen LogP contribution is 2.34. The lowest BCUT2D eigenvalue weighted by Gasteiger charge is -2.13. The summed E-state index contributed by atoms with van der Waals surface area (Å²) < 4.78 is 43.8. The molecule has 0 unspecified atom stereocenters. The lowest BCUT2D eigenvalue weighted by Crippen LogP contribution is -2.11. The fourth-order valence-electron chi connectivity index (χ4n) is 1.88. The summed E-state index contributed by atoms with van der Waals surface area (Å²) in [5, 5.41) is 8.93. The van der Waals surface area contributed by atoms with Crippen LogP contribution in [0.3, 0.4) is 0 Å². The van der Waals surface area contributed by atoms with Crippen LogP contribution < -0.4 is 10.5 Å². The zero-order valence-corrected chi connectivity index (χ0v) is 11.0. The Bertz CT molecular complexity index is 609. The van der Waals surface area contributed by atoms with Crippen LogP contribution >= 0.6 is 0 Å². The molecule has 0 bridgehead atoms. The smallest absolute Gasteiger partial charge is 0.416 e. The van der Waals surface area contributed by atoms with Crippen molar-refractivity contribution in [1.29, 1.82) is 0 Å². The summed E-state index contributed by atoms with van der Waals surface area (Å²) in [7, 11) is 0. The number of hydrogen-bond acceptors (Lipinski definition) is 3. The Morgan fingerprint density at radius 3 is 2.14 bits per heavy atom. The van der Waals surface area contributed by atoms with Crippen molar-refractivity contribution in [3.05, 3.63) is 59.2 Å². The lowest BCUT2D eigenvalue weighted by molar-refractivity contribution is -0.138. The molecular weight excluding hydrogens is 283 g/mol. The van der Waals surface area contributed by atoms with Crippen LogP contribution in [0.1, 0.15) is 16.7 Å². The van der Waals surface area contributed by atoms with Gasteiger partial charge < -0.3 is 15.6 Å². The highest BCUT2D eigenvalue weighted by atomic mass is 19.4. The van der Waals surface area contributed by atoms with Gasteiger partial charge in [0.2, 0.25) is 0 Å². The number of ether oxygens (including phenoxy) is 1. The topological polar surface area (TPSA) is 55.5 Å². The van der Waals surface area contributed by atoms with E-state index in [1.165, 1.54) is 12.1 Å². The van der Waals surface area contributed by atoms with E-state index < -0.39 is 11.7 Å². The zero-order valence-electron chi connectivity index (χ0n) is 11.0. The van der Waals surface area contributed by atoms with Gasteiger partial charge in [-0.25, -0.2) is 0 Å². The number of halogens is 3. The number of aliphatic hydroxyl groups excluding tert-OH is 1. The highest BCUT2D eigenvalue weighted by molar-refractivity contribution is 5.40. The number of rotatable bonds is 4. The maximum Gasteiger partial charge on any atom is 0.416 e. The Balaban J connectivity index is 2.24. The summed E-state index contributed by atoms with van der Waals surface area (Å²) in [6.07, 6.45) is -4.43. The third-order valence-electron chi connectivity index (χ3n) is 2.94. The standard InChI is InChI=1S/C15H14F3NO2/c16-15(17,18)14-6-5-13(7-11(14)8-19)21-12-3-1-10(9-20)2-4-12/h1-7,20H,8-9,19H2. The van der Waals surface area contributed by atoms with Crippen LogP contribution in [0.2, 0.25) is 0 Å². The van der Waals surface area contributed by atoms with Gasteiger partial charge in [0.15, 0.2) is 0 Å². The Morgan fingerprint density at radius 1 is 1.00 bits per heavy atom. The van der Waals surface area contributed by atoms with Crippen molar-refractivity contribution >= 4 is 0 Å². The summed E-state index contributed by atoms with van der Waals surface area (Å²) in [5.41, 5.74) is 5.31. The van der Waals surface area contributed by atoms with E-state index in [9.17, 15) is 13.2 Å². The Morgan fingerprint density at radius 2 is 1.62 bits per heavy atom. The van der Waals surface area contributed by atoms with Crippen molar-refractivity contribution in [2.75, 3.05) is 0 Å². The van der Waals surface area contributed by atoms with E-state index in [1.54, 1.807) is 24.3 Å². The van der Waals surface area contributed by atoms with Crippen molar-refractivity contribution in [2.45, 2.75) is 19.3 Å². The minimum atomic E-state index is -4.43. The van der Waals surface area contributed by atoms with Gasteiger partial charge in [0.25, 0.3) is 0 Å². The Hall–Kier alpha value is -2.05. The molecule has 3 nitrogen and oxygen atoms in total. The van der Waals surface area contributed by atoms with Crippen molar-refractivity contribution in [2.24, 2.45) is 5.73 Å². The fourth-order valence-corrected chi connectivity index (χ4v) is 1.88. The number of aliphatic hydroxyl groups is 1. The van der Waals surface area contributed by atoms with Gasteiger partial charge in [-0.05, 0) is 41.5 Å². The van der Waals surface area contributed by atoms with E-state index in [2.05, 4.69) is 0 Å². The van der Waals surface area contributed by atoms with E-state index in [1.807, 2.05) is 0 Å². The first-order valence-corrected chi connectivity index (χ1v) is 6.22. The molecule has 2 rings (SSSR count). The van der Waals surface area contributed by atoms with Gasteiger partial charge in [-0.1, -0.05) is 12.1 Å². The minimum absolute atomic E-state index is 0.0213. The average molecular weight is 297 g/mol. The van der Waals surface area contributed by atoms with Crippen molar-refractivity contribution in [1.82, 2.24) is 0 Å². The van der Waals surface area contributed by atoms with E-state index in [-0.39, 0.29) is 24.5 Å². The van der Waals surface area contributed by atoms with Crippen LogP contribution in [0.4, 0.5) is 13.2 Å². The molecule has 0 aliphatic heterocycles. The van der Waals surface area contributed by atoms with Crippen LogP contribution in [0.5, 0.6) is 11.5 Å². The van der Waals surface area contributed by atoms with Crippen LogP contribution in [-0.4, -0.2) is 5.11 Å². The average Bonchev–Trinajstić information content (AvgIpc) is 2.46. The maximum atomic E-state index is 12.8. The molecule has 2 aromatic rings. The predicted molar refractivity (Wildman–Crippen MR) is 71.8 cm³/mol. The number of benzene rings is 2. The second-order valence-corrected chi connectivity index (χ2v) is 4.42. The van der Waals surface area contributed by atoms with Crippen molar-refractivity contribution in [3.63, 3.8) is 0 Å². The number of alkyl halides is 3. The van der Waals surface area contributed by atoms with E-state index in [4.69, 9.17) is 15.6 Å². The van der Waals surface area contributed by atoms with Gasteiger partial charge in [0.05, 0.1) is 12.2 Å². The van der Waals surface area contributed by atoms with Crippen molar-refractivity contribution < 1.29 is 23.0 Å². The number of hydrogen-bond donors (Lipinski definition) is 2. The second kappa shape index (κ2) is 6.15. The molecule has 0 radical (unpaired) electrons. The summed E-state index contributed by atoms with van der Waals surface area (Å²) in [6.45, 7) is -0.312. The maximum absolute atomic E-state index is 12.8. The van der Waals surface area contributed by atoms with E-state index in [0.717, 1.165) is 11.6 Å². The molecular formula is C15H14F3NO2. The van der Waals surface area contributed by atoms with Crippen molar-refractivity contribution in [3.8, 4) is 11.5 Å². The van der Waals surface area contributed by atoms with E-state index >= 15 is 0 Å². The molecule has 0 heterocycles. The normalized spacial score (nSPS) is 11.5.